The Morgan fingerprint density at radius 1 is 0.842 bits per heavy atom. The van der Waals surface area contributed by atoms with Crippen LogP contribution in [0.4, 0.5) is 0 Å². The van der Waals surface area contributed by atoms with Crippen LogP contribution in [0.25, 0.3) is 0 Å². The van der Waals surface area contributed by atoms with Crippen LogP contribution in [0.3, 0.4) is 0 Å². The summed E-state index contributed by atoms with van der Waals surface area (Å²) in [6.07, 6.45) is 1.09. The first kappa shape index (κ1) is 13.8. The zero-order chi connectivity index (χ0) is 13.7. The van der Waals surface area contributed by atoms with E-state index in [1.165, 1.54) is 27.8 Å². The molecule has 2 rings (SSSR count). The molecule has 19 heavy (non-hydrogen) atoms. The average Bonchev–Trinajstić information content (AvgIpc) is 2.40. The summed E-state index contributed by atoms with van der Waals surface area (Å²) in [6.45, 7) is 8.49. The fourth-order valence-electron chi connectivity index (χ4n) is 2.33. The van der Waals surface area contributed by atoms with Gasteiger partial charge in [-0.25, -0.2) is 0 Å². The molecule has 0 fully saturated rings. The Morgan fingerprint density at radius 3 is 2.37 bits per heavy atom. The highest BCUT2D eigenvalue weighted by atomic mass is 14.8. The number of hydrogen-bond donors (Lipinski definition) is 1. The van der Waals surface area contributed by atoms with Crippen molar-refractivity contribution in [2.45, 2.75) is 33.7 Å². The second kappa shape index (κ2) is 6.53. The number of aryl methyl sites for hydroxylation is 3. The Morgan fingerprint density at radius 2 is 1.58 bits per heavy atom. The molecular formula is C18H23N. The van der Waals surface area contributed by atoms with Gasteiger partial charge in [0.15, 0.2) is 0 Å². The number of hydrogen-bond acceptors (Lipinski definition) is 1. The summed E-state index contributed by atoms with van der Waals surface area (Å²) in [7, 11) is 0. The van der Waals surface area contributed by atoms with Crippen LogP contribution in [-0.4, -0.2) is 6.54 Å². The molecule has 0 aromatic heterocycles. The predicted octanol–water partition coefficient (Wildman–Crippen LogP) is 3.94. The van der Waals surface area contributed by atoms with Gasteiger partial charge in [-0.15, -0.1) is 0 Å². The number of benzene rings is 2. The van der Waals surface area contributed by atoms with Crippen LogP contribution in [0.5, 0.6) is 0 Å². The molecule has 0 amide bonds. The molecule has 1 nitrogen and oxygen atoms in total. The van der Waals surface area contributed by atoms with E-state index >= 15 is 0 Å². The summed E-state index contributed by atoms with van der Waals surface area (Å²) >= 11 is 0. The Kier molecular flexibility index (Phi) is 4.75. The van der Waals surface area contributed by atoms with E-state index in [2.05, 4.69) is 68.6 Å². The van der Waals surface area contributed by atoms with E-state index in [0.717, 1.165) is 19.5 Å². The summed E-state index contributed by atoms with van der Waals surface area (Å²) in [5.41, 5.74) is 6.94. The van der Waals surface area contributed by atoms with E-state index in [4.69, 9.17) is 0 Å². The van der Waals surface area contributed by atoms with Gasteiger partial charge in [-0.1, -0.05) is 48.0 Å². The van der Waals surface area contributed by atoms with E-state index < -0.39 is 0 Å². The summed E-state index contributed by atoms with van der Waals surface area (Å²) < 4.78 is 0. The van der Waals surface area contributed by atoms with Crippen molar-refractivity contribution in [2.24, 2.45) is 0 Å². The molecule has 0 unspecified atom stereocenters. The molecule has 0 atom stereocenters. The number of rotatable bonds is 5. The normalized spacial score (nSPS) is 10.7. The molecule has 0 aliphatic rings. The SMILES string of the molecule is Cc1ccc(C)c(CNCCc2ccccc2C)c1. The molecule has 0 heterocycles. The van der Waals surface area contributed by atoms with E-state index in [9.17, 15) is 0 Å². The highest BCUT2D eigenvalue weighted by molar-refractivity contribution is 5.30. The molecule has 2 aromatic rings. The number of nitrogens with one attached hydrogen (secondary N) is 1. The molecule has 1 heteroatoms. The van der Waals surface area contributed by atoms with Gasteiger partial charge in [0.1, 0.15) is 0 Å². The first-order valence-corrected chi connectivity index (χ1v) is 6.98. The largest absolute Gasteiger partial charge is 0.312 e. The van der Waals surface area contributed by atoms with Gasteiger partial charge in [-0.05, 0) is 56.0 Å². The highest BCUT2D eigenvalue weighted by Gasteiger charge is 2.00. The molecule has 0 radical (unpaired) electrons. The van der Waals surface area contributed by atoms with Crippen molar-refractivity contribution in [2.75, 3.05) is 6.54 Å². The minimum absolute atomic E-state index is 0.958. The second-order valence-corrected chi connectivity index (χ2v) is 5.28. The van der Waals surface area contributed by atoms with Crippen LogP contribution in [0.2, 0.25) is 0 Å². The molecule has 0 bridgehead atoms. The fourth-order valence-corrected chi connectivity index (χ4v) is 2.33. The molecule has 0 saturated carbocycles. The molecule has 1 N–H and O–H groups in total. The van der Waals surface area contributed by atoms with Crippen LogP contribution in [0, 0.1) is 20.8 Å². The van der Waals surface area contributed by atoms with E-state index in [1.54, 1.807) is 0 Å². The van der Waals surface area contributed by atoms with Crippen molar-refractivity contribution in [3.05, 3.63) is 70.3 Å². The van der Waals surface area contributed by atoms with Crippen molar-refractivity contribution >= 4 is 0 Å². The van der Waals surface area contributed by atoms with Gasteiger partial charge in [-0.2, -0.15) is 0 Å². The Bertz CT molecular complexity index is 543. The topological polar surface area (TPSA) is 12.0 Å². The van der Waals surface area contributed by atoms with Gasteiger partial charge in [0.2, 0.25) is 0 Å². The van der Waals surface area contributed by atoms with Crippen LogP contribution in [0.15, 0.2) is 42.5 Å². The van der Waals surface area contributed by atoms with Gasteiger partial charge in [-0.3, -0.25) is 0 Å². The van der Waals surface area contributed by atoms with Crippen molar-refractivity contribution in [3.63, 3.8) is 0 Å². The molecule has 2 aromatic carbocycles. The van der Waals surface area contributed by atoms with Crippen molar-refractivity contribution in [1.29, 1.82) is 0 Å². The standard InChI is InChI=1S/C18H23N/c1-14-8-9-16(3)18(12-14)13-19-11-10-17-7-5-4-6-15(17)2/h4-9,12,19H,10-11,13H2,1-3H3. The zero-order valence-corrected chi connectivity index (χ0v) is 12.2. The van der Waals surface area contributed by atoms with Crippen LogP contribution >= 0.6 is 0 Å². The molecule has 100 valence electrons. The zero-order valence-electron chi connectivity index (χ0n) is 12.2. The Balaban J connectivity index is 1.84. The third kappa shape index (κ3) is 3.93. The van der Waals surface area contributed by atoms with Crippen LogP contribution in [0.1, 0.15) is 27.8 Å². The van der Waals surface area contributed by atoms with Crippen molar-refractivity contribution in [1.82, 2.24) is 5.32 Å². The molecule has 0 aliphatic carbocycles. The van der Waals surface area contributed by atoms with Crippen molar-refractivity contribution < 1.29 is 0 Å². The first-order valence-electron chi connectivity index (χ1n) is 6.98. The monoisotopic (exact) mass is 253 g/mol. The summed E-state index contributed by atoms with van der Waals surface area (Å²) in [5, 5.41) is 3.55. The summed E-state index contributed by atoms with van der Waals surface area (Å²) in [6, 6.07) is 15.3. The lowest BCUT2D eigenvalue weighted by Crippen LogP contribution is -2.17. The third-order valence-electron chi connectivity index (χ3n) is 3.65. The van der Waals surface area contributed by atoms with Gasteiger partial charge >= 0.3 is 0 Å². The lowest BCUT2D eigenvalue weighted by Gasteiger charge is -2.10. The minimum atomic E-state index is 0.958. The summed E-state index contributed by atoms with van der Waals surface area (Å²) in [5.74, 6) is 0. The maximum absolute atomic E-state index is 3.55. The van der Waals surface area contributed by atoms with Crippen LogP contribution in [-0.2, 0) is 13.0 Å². The lowest BCUT2D eigenvalue weighted by molar-refractivity contribution is 0.683. The van der Waals surface area contributed by atoms with E-state index in [0.29, 0.717) is 0 Å². The Hall–Kier alpha value is -1.60. The van der Waals surface area contributed by atoms with Crippen LogP contribution < -0.4 is 5.32 Å². The highest BCUT2D eigenvalue weighted by Crippen LogP contribution is 2.11. The molecule has 0 aliphatic heterocycles. The molecule has 0 saturated heterocycles. The molecule has 0 spiro atoms. The van der Waals surface area contributed by atoms with Gasteiger partial charge in [0.05, 0.1) is 0 Å². The van der Waals surface area contributed by atoms with Crippen molar-refractivity contribution in [3.8, 4) is 0 Å². The van der Waals surface area contributed by atoms with E-state index in [1.807, 2.05) is 0 Å². The Labute approximate surface area is 116 Å². The maximum Gasteiger partial charge on any atom is 0.0208 e. The van der Waals surface area contributed by atoms with Gasteiger partial charge in [0, 0.05) is 6.54 Å². The fraction of sp³-hybridized carbons (Fsp3) is 0.333. The van der Waals surface area contributed by atoms with E-state index in [-0.39, 0.29) is 0 Å². The molecular weight excluding hydrogens is 230 g/mol. The third-order valence-corrected chi connectivity index (χ3v) is 3.65. The smallest absolute Gasteiger partial charge is 0.0208 e. The lowest BCUT2D eigenvalue weighted by atomic mass is 10.0. The maximum atomic E-state index is 3.55. The predicted molar refractivity (Wildman–Crippen MR) is 82.5 cm³/mol. The van der Waals surface area contributed by atoms with Gasteiger partial charge < -0.3 is 5.32 Å². The summed E-state index contributed by atoms with van der Waals surface area (Å²) in [4.78, 5) is 0. The van der Waals surface area contributed by atoms with Gasteiger partial charge in [0.25, 0.3) is 0 Å². The average molecular weight is 253 g/mol. The first-order chi connectivity index (χ1) is 9.16. The second-order valence-electron chi connectivity index (χ2n) is 5.28. The minimum Gasteiger partial charge on any atom is -0.312 e. The quantitative estimate of drug-likeness (QED) is 0.796.